The number of aryl methyl sites for hydroxylation is 2. The zero-order chi connectivity index (χ0) is 18.5. The Bertz CT molecular complexity index is 745. The van der Waals surface area contributed by atoms with Crippen molar-refractivity contribution in [1.82, 2.24) is 4.90 Å². The molecule has 0 aromatic heterocycles. The number of likely N-dealkylation sites (tertiary alicyclic amines) is 1. The number of carbonyl (C=O) groups excluding carboxylic acids is 1. The largest absolute Gasteiger partial charge is 0.493 e. The fourth-order valence-corrected chi connectivity index (χ4v) is 3.66. The second-order valence-corrected chi connectivity index (χ2v) is 7.18. The van der Waals surface area contributed by atoms with Crippen LogP contribution in [0.15, 0.2) is 48.5 Å². The first-order chi connectivity index (χ1) is 12.6. The van der Waals surface area contributed by atoms with Gasteiger partial charge in [0, 0.05) is 19.0 Å². The molecule has 0 bridgehead atoms. The maximum atomic E-state index is 12.6. The lowest BCUT2D eigenvalue weighted by molar-refractivity contribution is -0.130. The van der Waals surface area contributed by atoms with E-state index in [1.807, 2.05) is 49.1 Å². The summed E-state index contributed by atoms with van der Waals surface area (Å²) in [6.45, 7) is 6.55. The normalized spacial score (nSPS) is 19.6. The summed E-state index contributed by atoms with van der Waals surface area (Å²) in [7, 11) is 0. The number of benzene rings is 2. The van der Waals surface area contributed by atoms with E-state index >= 15 is 0 Å². The van der Waals surface area contributed by atoms with Crippen LogP contribution >= 0.6 is 0 Å². The number of ether oxygens (including phenoxy) is 1. The average Bonchev–Trinajstić information content (AvgIpc) is 3.10. The maximum absolute atomic E-state index is 12.6. The van der Waals surface area contributed by atoms with Crippen molar-refractivity contribution in [2.75, 3.05) is 26.2 Å². The van der Waals surface area contributed by atoms with Gasteiger partial charge in [0.25, 0.3) is 0 Å². The van der Waals surface area contributed by atoms with E-state index in [9.17, 15) is 4.79 Å². The molecule has 26 heavy (non-hydrogen) atoms. The molecule has 0 unspecified atom stereocenters. The standard InChI is InChI=1S/C22H28N2O2/c1-16-8-9-17(2)21(12-16)26-11-10-22(25)24-14-19(13-23)20(15-24)18-6-4-3-5-7-18/h3-9,12,19-20H,10-11,13-15,23H2,1-2H3/t19-,20+/m1/s1. The van der Waals surface area contributed by atoms with Crippen molar-refractivity contribution in [3.8, 4) is 5.75 Å². The second kappa shape index (κ2) is 8.37. The highest BCUT2D eigenvalue weighted by atomic mass is 16.5. The predicted octanol–water partition coefficient (Wildman–Crippen LogP) is 3.27. The lowest BCUT2D eigenvalue weighted by Crippen LogP contribution is -2.30. The van der Waals surface area contributed by atoms with E-state index in [4.69, 9.17) is 10.5 Å². The maximum Gasteiger partial charge on any atom is 0.226 e. The Hall–Kier alpha value is -2.33. The fourth-order valence-electron chi connectivity index (χ4n) is 3.66. The summed E-state index contributed by atoms with van der Waals surface area (Å²) in [5, 5.41) is 0. The number of rotatable bonds is 6. The highest BCUT2D eigenvalue weighted by Gasteiger charge is 2.34. The zero-order valence-electron chi connectivity index (χ0n) is 15.7. The number of amides is 1. The van der Waals surface area contributed by atoms with E-state index in [1.165, 1.54) is 5.56 Å². The van der Waals surface area contributed by atoms with Crippen LogP contribution in [0.25, 0.3) is 0 Å². The van der Waals surface area contributed by atoms with Gasteiger partial charge in [-0.15, -0.1) is 0 Å². The van der Waals surface area contributed by atoms with E-state index < -0.39 is 0 Å². The molecule has 0 aliphatic carbocycles. The highest BCUT2D eigenvalue weighted by Crippen LogP contribution is 2.32. The van der Waals surface area contributed by atoms with Crippen LogP contribution in [0.1, 0.15) is 29.0 Å². The SMILES string of the molecule is Cc1ccc(C)c(OCCC(=O)N2C[C@@H](CN)[C@H](c3ccccc3)C2)c1. The molecule has 2 aromatic carbocycles. The van der Waals surface area contributed by atoms with Crippen molar-refractivity contribution in [2.24, 2.45) is 11.7 Å². The van der Waals surface area contributed by atoms with Crippen molar-refractivity contribution in [2.45, 2.75) is 26.2 Å². The Morgan fingerprint density at radius 2 is 1.92 bits per heavy atom. The first-order valence-corrected chi connectivity index (χ1v) is 9.31. The Morgan fingerprint density at radius 1 is 1.15 bits per heavy atom. The molecule has 1 aliphatic rings. The van der Waals surface area contributed by atoms with Crippen molar-refractivity contribution >= 4 is 5.91 Å². The van der Waals surface area contributed by atoms with Gasteiger partial charge in [-0.25, -0.2) is 0 Å². The number of carbonyl (C=O) groups is 1. The van der Waals surface area contributed by atoms with Crippen molar-refractivity contribution in [3.05, 3.63) is 65.2 Å². The zero-order valence-corrected chi connectivity index (χ0v) is 15.7. The molecule has 2 aromatic rings. The lowest BCUT2D eigenvalue weighted by atomic mass is 9.89. The molecule has 1 heterocycles. The van der Waals surface area contributed by atoms with Crippen LogP contribution in [0.5, 0.6) is 5.75 Å². The third-order valence-electron chi connectivity index (χ3n) is 5.24. The van der Waals surface area contributed by atoms with Crippen LogP contribution in [0.3, 0.4) is 0 Å². The third kappa shape index (κ3) is 4.25. The molecule has 2 atom stereocenters. The number of nitrogens with two attached hydrogens (primary N) is 1. The molecular weight excluding hydrogens is 324 g/mol. The van der Waals surface area contributed by atoms with E-state index in [-0.39, 0.29) is 5.91 Å². The lowest BCUT2D eigenvalue weighted by Gasteiger charge is -2.17. The minimum absolute atomic E-state index is 0.146. The van der Waals surface area contributed by atoms with Gasteiger partial charge in [-0.1, -0.05) is 42.5 Å². The molecule has 4 nitrogen and oxygen atoms in total. The Labute approximate surface area is 156 Å². The van der Waals surface area contributed by atoms with E-state index in [1.54, 1.807) is 0 Å². The summed E-state index contributed by atoms with van der Waals surface area (Å²) >= 11 is 0. The molecule has 0 spiro atoms. The molecule has 0 saturated carbocycles. The number of hydrogen-bond donors (Lipinski definition) is 1. The smallest absolute Gasteiger partial charge is 0.226 e. The summed E-state index contributed by atoms with van der Waals surface area (Å²) in [6, 6.07) is 16.5. The van der Waals surface area contributed by atoms with Crippen LogP contribution < -0.4 is 10.5 Å². The molecule has 0 radical (unpaired) electrons. The highest BCUT2D eigenvalue weighted by molar-refractivity contribution is 5.76. The average molecular weight is 352 g/mol. The van der Waals surface area contributed by atoms with E-state index in [0.29, 0.717) is 31.4 Å². The summed E-state index contributed by atoms with van der Waals surface area (Å²) in [5.41, 5.74) is 9.49. The van der Waals surface area contributed by atoms with Gasteiger partial charge in [-0.3, -0.25) is 4.79 Å². The van der Waals surface area contributed by atoms with Gasteiger partial charge >= 0.3 is 0 Å². The molecular formula is C22H28N2O2. The number of nitrogens with zero attached hydrogens (tertiary/aromatic N) is 1. The van der Waals surface area contributed by atoms with Gasteiger partial charge in [-0.2, -0.15) is 0 Å². The van der Waals surface area contributed by atoms with E-state index in [2.05, 4.69) is 18.2 Å². The van der Waals surface area contributed by atoms with Gasteiger partial charge < -0.3 is 15.4 Å². The molecule has 1 aliphatic heterocycles. The Morgan fingerprint density at radius 3 is 2.65 bits per heavy atom. The van der Waals surface area contributed by atoms with Gasteiger partial charge in [0.2, 0.25) is 5.91 Å². The molecule has 1 fully saturated rings. The molecule has 1 saturated heterocycles. The first-order valence-electron chi connectivity index (χ1n) is 9.31. The molecule has 138 valence electrons. The summed E-state index contributed by atoms with van der Waals surface area (Å²) in [5.74, 6) is 1.65. The summed E-state index contributed by atoms with van der Waals surface area (Å²) in [6.07, 6.45) is 0.395. The van der Waals surface area contributed by atoms with E-state index in [0.717, 1.165) is 30.0 Å². The van der Waals surface area contributed by atoms with Gasteiger partial charge in [0.15, 0.2) is 0 Å². The molecule has 4 heteroatoms. The molecule has 2 N–H and O–H groups in total. The first kappa shape index (κ1) is 18.5. The van der Waals surface area contributed by atoms with Crippen LogP contribution in [0.2, 0.25) is 0 Å². The summed E-state index contributed by atoms with van der Waals surface area (Å²) in [4.78, 5) is 14.6. The fraction of sp³-hybridized carbons (Fsp3) is 0.409. The van der Waals surface area contributed by atoms with Crippen LogP contribution in [0.4, 0.5) is 0 Å². The van der Waals surface area contributed by atoms with Crippen molar-refractivity contribution in [3.63, 3.8) is 0 Å². The van der Waals surface area contributed by atoms with Gasteiger partial charge in [-0.05, 0) is 49.1 Å². The van der Waals surface area contributed by atoms with Gasteiger partial charge in [0.05, 0.1) is 13.0 Å². The predicted molar refractivity (Wildman–Crippen MR) is 104 cm³/mol. The van der Waals surface area contributed by atoms with Crippen LogP contribution in [-0.2, 0) is 4.79 Å². The molecule has 3 rings (SSSR count). The van der Waals surface area contributed by atoms with Crippen LogP contribution in [-0.4, -0.2) is 37.0 Å². The number of hydrogen-bond acceptors (Lipinski definition) is 3. The second-order valence-electron chi connectivity index (χ2n) is 7.18. The van der Waals surface area contributed by atoms with Crippen molar-refractivity contribution < 1.29 is 9.53 Å². The Balaban J connectivity index is 1.56. The van der Waals surface area contributed by atoms with Crippen LogP contribution in [0, 0.1) is 19.8 Å². The minimum atomic E-state index is 0.146. The third-order valence-corrected chi connectivity index (χ3v) is 5.24. The molecule has 1 amide bonds. The summed E-state index contributed by atoms with van der Waals surface area (Å²) < 4.78 is 5.84. The van der Waals surface area contributed by atoms with Gasteiger partial charge in [0.1, 0.15) is 5.75 Å². The minimum Gasteiger partial charge on any atom is -0.493 e. The quantitative estimate of drug-likeness (QED) is 0.868. The van der Waals surface area contributed by atoms with Crippen molar-refractivity contribution in [1.29, 1.82) is 0 Å². The Kier molecular flexibility index (Phi) is 5.94. The topological polar surface area (TPSA) is 55.6 Å². The monoisotopic (exact) mass is 352 g/mol.